The predicted octanol–water partition coefficient (Wildman–Crippen LogP) is 2.31. The number of rotatable bonds is 6. The number of methoxy groups -OCH3 is 1. The van der Waals surface area contributed by atoms with E-state index in [1.807, 2.05) is 12.1 Å². The molecule has 0 radical (unpaired) electrons. The van der Waals surface area contributed by atoms with Crippen LogP contribution in [0, 0.1) is 5.82 Å². The van der Waals surface area contributed by atoms with Gasteiger partial charge in [0.1, 0.15) is 23.9 Å². The third-order valence-electron chi connectivity index (χ3n) is 2.84. The molecule has 0 atom stereocenters. The van der Waals surface area contributed by atoms with Crippen molar-refractivity contribution in [3.8, 4) is 11.5 Å². The van der Waals surface area contributed by atoms with Crippen LogP contribution in [0.25, 0.3) is 0 Å². The zero-order chi connectivity index (χ0) is 14.4. The molecule has 1 aromatic heterocycles. The summed E-state index contributed by atoms with van der Waals surface area (Å²) in [5, 5.41) is 0. The Balaban J connectivity index is 2.14. The van der Waals surface area contributed by atoms with Crippen molar-refractivity contribution in [3.63, 3.8) is 0 Å². The third-order valence-corrected chi connectivity index (χ3v) is 2.84. The summed E-state index contributed by atoms with van der Waals surface area (Å²) in [6.45, 7) is 0.777. The normalized spacial score (nSPS) is 10.3. The smallest absolute Gasteiger partial charge is 0.141 e. The van der Waals surface area contributed by atoms with E-state index in [4.69, 9.17) is 15.2 Å². The van der Waals surface area contributed by atoms with Crippen LogP contribution < -0.4 is 15.2 Å². The number of hydrogen-bond acceptors (Lipinski definition) is 4. The molecular formula is C15H17FN2O2. The Morgan fingerprint density at radius 2 is 2.10 bits per heavy atom. The van der Waals surface area contributed by atoms with E-state index in [9.17, 15) is 4.39 Å². The van der Waals surface area contributed by atoms with Crippen LogP contribution in [0.15, 0.2) is 36.7 Å². The van der Waals surface area contributed by atoms with Gasteiger partial charge in [-0.05, 0) is 30.7 Å². The van der Waals surface area contributed by atoms with Crippen LogP contribution in [0.5, 0.6) is 11.5 Å². The maximum atomic E-state index is 13.1. The molecule has 0 saturated heterocycles. The lowest BCUT2D eigenvalue weighted by Crippen LogP contribution is -2.06. The first kappa shape index (κ1) is 14.3. The van der Waals surface area contributed by atoms with Crippen LogP contribution in [0.3, 0.4) is 0 Å². The van der Waals surface area contributed by atoms with E-state index in [1.54, 1.807) is 19.4 Å². The van der Waals surface area contributed by atoms with E-state index in [0.29, 0.717) is 30.0 Å². The van der Waals surface area contributed by atoms with Crippen molar-refractivity contribution in [2.75, 3.05) is 13.7 Å². The first-order chi connectivity index (χ1) is 9.72. The molecule has 2 N–H and O–H groups in total. The van der Waals surface area contributed by atoms with Gasteiger partial charge >= 0.3 is 0 Å². The van der Waals surface area contributed by atoms with Crippen molar-refractivity contribution < 1.29 is 13.9 Å². The number of ether oxygens (including phenoxy) is 2. The second kappa shape index (κ2) is 6.86. The monoisotopic (exact) mass is 276 g/mol. The van der Waals surface area contributed by atoms with Crippen molar-refractivity contribution in [1.82, 2.24) is 4.98 Å². The number of aromatic nitrogens is 1. The maximum absolute atomic E-state index is 13.1. The van der Waals surface area contributed by atoms with Crippen molar-refractivity contribution in [1.29, 1.82) is 0 Å². The highest BCUT2D eigenvalue weighted by Crippen LogP contribution is 2.26. The molecule has 0 spiro atoms. The second-order valence-corrected chi connectivity index (χ2v) is 4.31. The third kappa shape index (κ3) is 3.68. The summed E-state index contributed by atoms with van der Waals surface area (Å²) >= 11 is 0. The van der Waals surface area contributed by atoms with Gasteiger partial charge in [0.15, 0.2) is 0 Å². The molecule has 1 heterocycles. The summed E-state index contributed by atoms with van der Waals surface area (Å²) < 4.78 is 24.0. The largest absolute Gasteiger partial charge is 0.497 e. The SMILES string of the molecule is COc1ccc(CCN)c(OCc2cncc(F)c2)c1. The van der Waals surface area contributed by atoms with Crippen molar-refractivity contribution in [2.24, 2.45) is 5.73 Å². The molecule has 2 aromatic rings. The van der Waals surface area contributed by atoms with Gasteiger partial charge < -0.3 is 15.2 Å². The summed E-state index contributed by atoms with van der Waals surface area (Å²) in [5.41, 5.74) is 7.25. The number of halogens is 1. The van der Waals surface area contributed by atoms with E-state index >= 15 is 0 Å². The topological polar surface area (TPSA) is 57.4 Å². The lowest BCUT2D eigenvalue weighted by Gasteiger charge is -2.12. The van der Waals surface area contributed by atoms with Crippen LogP contribution in [0.2, 0.25) is 0 Å². The van der Waals surface area contributed by atoms with Crippen molar-refractivity contribution >= 4 is 0 Å². The van der Waals surface area contributed by atoms with Gasteiger partial charge in [0, 0.05) is 17.8 Å². The summed E-state index contributed by atoms with van der Waals surface area (Å²) in [5.74, 6) is 1.02. The van der Waals surface area contributed by atoms with Gasteiger partial charge in [-0.2, -0.15) is 0 Å². The minimum atomic E-state index is -0.376. The fraction of sp³-hybridized carbons (Fsp3) is 0.267. The van der Waals surface area contributed by atoms with Gasteiger partial charge in [-0.25, -0.2) is 4.39 Å². The van der Waals surface area contributed by atoms with Gasteiger partial charge in [0.05, 0.1) is 13.3 Å². The molecule has 2 rings (SSSR count). The molecule has 0 aliphatic rings. The predicted molar refractivity (Wildman–Crippen MR) is 74.3 cm³/mol. The lowest BCUT2D eigenvalue weighted by molar-refractivity contribution is 0.299. The van der Waals surface area contributed by atoms with Gasteiger partial charge in [-0.1, -0.05) is 6.07 Å². The zero-order valence-electron chi connectivity index (χ0n) is 11.3. The molecule has 0 unspecified atom stereocenters. The van der Waals surface area contributed by atoms with Crippen molar-refractivity contribution in [2.45, 2.75) is 13.0 Å². The number of nitrogens with zero attached hydrogens (tertiary/aromatic N) is 1. The highest BCUT2D eigenvalue weighted by molar-refractivity contribution is 5.41. The number of benzene rings is 1. The molecule has 20 heavy (non-hydrogen) atoms. The lowest BCUT2D eigenvalue weighted by atomic mass is 10.1. The minimum absolute atomic E-state index is 0.246. The second-order valence-electron chi connectivity index (χ2n) is 4.31. The van der Waals surface area contributed by atoms with E-state index in [2.05, 4.69) is 4.98 Å². The standard InChI is InChI=1S/C15H17FN2O2/c1-19-14-3-2-12(4-5-17)15(7-14)20-10-11-6-13(16)9-18-8-11/h2-3,6-9H,4-5,10,17H2,1H3. The fourth-order valence-electron chi connectivity index (χ4n) is 1.85. The first-order valence-corrected chi connectivity index (χ1v) is 6.32. The Morgan fingerprint density at radius 1 is 1.25 bits per heavy atom. The first-order valence-electron chi connectivity index (χ1n) is 6.32. The molecule has 0 aliphatic carbocycles. The van der Waals surface area contributed by atoms with Crippen LogP contribution in [0.4, 0.5) is 4.39 Å². The summed E-state index contributed by atoms with van der Waals surface area (Å²) in [6, 6.07) is 6.99. The quantitative estimate of drug-likeness (QED) is 0.879. The molecule has 0 aliphatic heterocycles. The number of pyridine rings is 1. The van der Waals surface area contributed by atoms with E-state index in [1.165, 1.54) is 6.07 Å². The van der Waals surface area contributed by atoms with Crippen LogP contribution in [0.1, 0.15) is 11.1 Å². The molecule has 106 valence electrons. The Bertz CT molecular complexity index is 576. The molecule has 4 nitrogen and oxygen atoms in total. The Hall–Kier alpha value is -2.14. The van der Waals surface area contributed by atoms with Gasteiger partial charge in [-0.3, -0.25) is 4.98 Å². The van der Waals surface area contributed by atoms with Crippen molar-refractivity contribution in [3.05, 3.63) is 53.6 Å². The molecule has 0 fully saturated rings. The number of nitrogens with two attached hydrogens (primary N) is 1. The molecule has 1 aromatic carbocycles. The van der Waals surface area contributed by atoms with Crippen LogP contribution in [-0.4, -0.2) is 18.6 Å². The minimum Gasteiger partial charge on any atom is -0.497 e. The van der Waals surface area contributed by atoms with E-state index in [-0.39, 0.29) is 12.4 Å². The number of hydrogen-bond donors (Lipinski definition) is 1. The van der Waals surface area contributed by atoms with Crippen LogP contribution in [-0.2, 0) is 13.0 Å². The zero-order valence-corrected chi connectivity index (χ0v) is 11.3. The van der Waals surface area contributed by atoms with Gasteiger partial charge in [-0.15, -0.1) is 0 Å². The molecule has 0 bridgehead atoms. The summed E-state index contributed by atoms with van der Waals surface area (Å²) in [4.78, 5) is 3.79. The molecule has 5 heteroatoms. The molecule has 0 saturated carbocycles. The average molecular weight is 276 g/mol. The molecular weight excluding hydrogens is 259 g/mol. The van der Waals surface area contributed by atoms with E-state index < -0.39 is 0 Å². The summed E-state index contributed by atoms with van der Waals surface area (Å²) in [7, 11) is 1.60. The highest BCUT2D eigenvalue weighted by Gasteiger charge is 2.06. The van der Waals surface area contributed by atoms with Gasteiger partial charge in [0.2, 0.25) is 0 Å². The van der Waals surface area contributed by atoms with E-state index in [0.717, 1.165) is 11.8 Å². The average Bonchev–Trinajstić information content (AvgIpc) is 2.46. The Labute approximate surface area is 117 Å². The Kier molecular flexibility index (Phi) is 4.90. The van der Waals surface area contributed by atoms with Gasteiger partial charge in [0.25, 0.3) is 0 Å². The summed E-state index contributed by atoms with van der Waals surface area (Å²) in [6.07, 6.45) is 3.45. The Morgan fingerprint density at radius 3 is 2.80 bits per heavy atom. The molecule has 0 amide bonds. The highest BCUT2D eigenvalue weighted by atomic mass is 19.1. The van der Waals surface area contributed by atoms with Crippen LogP contribution >= 0.6 is 0 Å². The maximum Gasteiger partial charge on any atom is 0.141 e. The fourth-order valence-corrected chi connectivity index (χ4v) is 1.85.